The number of nitrogens with one attached hydrogen (secondary N) is 2. The van der Waals surface area contributed by atoms with E-state index in [1.807, 2.05) is 37.3 Å². The second-order valence-corrected chi connectivity index (χ2v) is 5.63. The molecule has 1 heterocycles. The maximum absolute atomic E-state index is 12.2. The molecule has 0 fully saturated rings. The molecular formula is C18H24N4O3. The van der Waals surface area contributed by atoms with Gasteiger partial charge in [-0.2, -0.15) is 0 Å². The fraction of sp³-hybridized carbons (Fsp3) is 0.389. The van der Waals surface area contributed by atoms with Crippen molar-refractivity contribution in [1.29, 1.82) is 0 Å². The summed E-state index contributed by atoms with van der Waals surface area (Å²) in [5.41, 5.74) is 1.93. The van der Waals surface area contributed by atoms with E-state index in [1.54, 1.807) is 13.1 Å². The molecule has 0 bridgehead atoms. The molecule has 25 heavy (non-hydrogen) atoms. The highest BCUT2D eigenvalue weighted by Crippen LogP contribution is 2.20. The van der Waals surface area contributed by atoms with Crippen molar-refractivity contribution in [2.45, 2.75) is 26.3 Å². The lowest BCUT2D eigenvalue weighted by molar-refractivity contribution is -0.122. The molecule has 7 nitrogen and oxygen atoms in total. The van der Waals surface area contributed by atoms with Gasteiger partial charge >= 0.3 is 6.09 Å². The van der Waals surface area contributed by atoms with Gasteiger partial charge in [0, 0.05) is 7.05 Å². The monoisotopic (exact) mass is 344 g/mol. The normalized spacial score (nSPS) is 11.6. The molecule has 0 spiro atoms. The number of likely N-dealkylation sites (N-methyl/N-ethyl adjacent to an activating group) is 1. The van der Waals surface area contributed by atoms with Gasteiger partial charge < -0.3 is 19.9 Å². The molecule has 1 unspecified atom stereocenters. The van der Waals surface area contributed by atoms with Gasteiger partial charge in [-0.1, -0.05) is 37.3 Å². The summed E-state index contributed by atoms with van der Waals surface area (Å²) in [6.45, 7) is 3.89. The molecule has 2 N–H and O–H groups in total. The molecule has 1 aromatic heterocycles. The molecule has 7 heteroatoms. The average Bonchev–Trinajstić information content (AvgIpc) is 3.10. The van der Waals surface area contributed by atoms with Crippen molar-refractivity contribution < 1.29 is 14.3 Å². The van der Waals surface area contributed by atoms with E-state index in [1.165, 1.54) is 11.9 Å². The van der Waals surface area contributed by atoms with Crippen LogP contribution in [0.3, 0.4) is 0 Å². The first kappa shape index (κ1) is 18.5. The summed E-state index contributed by atoms with van der Waals surface area (Å²) in [6.07, 6.45) is 1.91. The summed E-state index contributed by atoms with van der Waals surface area (Å²) < 4.78 is 4.86. The molecule has 0 saturated carbocycles. The fourth-order valence-electron chi connectivity index (χ4n) is 2.40. The number of rotatable bonds is 7. The Morgan fingerprint density at radius 1 is 1.28 bits per heavy atom. The number of carbonyl (C=O) groups is 2. The summed E-state index contributed by atoms with van der Waals surface area (Å²) in [5.74, 6) is 0.425. The lowest BCUT2D eigenvalue weighted by atomic mass is 10.2. The van der Waals surface area contributed by atoms with Gasteiger partial charge in [-0.05, 0) is 18.9 Å². The zero-order valence-electron chi connectivity index (χ0n) is 14.8. The molecular weight excluding hydrogens is 320 g/mol. The third-order valence-corrected chi connectivity index (χ3v) is 3.71. The van der Waals surface area contributed by atoms with E-state index in [9.17, 15) is 9.59 Å². The van der Waals surface area contributed by atoms with Crippen LogP contribution in [-0.2, 0) is 9.53 Å². The van der Waals surface area contributed by atoms with Crippen molar-refractivity contribution in [1.82, 2.24) is 20.2 Å². The summed E-state index contributed by atoms with van der Waals surface area (Å²) in [7, 11) is 1.53. The number of aromatic nitrogens is 2. The first-order valence-electron chi connectivity index (χ1n) is 8.32. The first-order chi connectivity index (χ1) is 12.0. The van der Waals surface area contributed by atoms with Crippen LogP contribution in [0.4, 0.5) is 4.79 Å². The number of H-pyrrole nitrogens is 1. The lowest BCUT2D eigenvalue weighted by Gasteiger charge is -2.19. The standard InChI is InChI=1S/C18H24N4O3/c1-4-14(20-16(23)12-22(3)18(24)25-5-2)17-19-11-15(21-17)13-9-7-6-8-10-13/h6-11,14H,4-5,12H2,1-3H3,(H,19,21)(H,20,23). The molecule has 0 aliphatic heterocycles. The largest absolute Gasteiger partial charge is 0.450 e. The Bertz CT molecular complexity index is 699. The molecule has 2 amide bonds. The topological polar surface area (TPSA) is 87.3 Å². The van der Waals surface area contributed by atoms with Gasteiger partial charge in [0.25, 0.3) is 0 Å². The van der Waals surface area contributed by atoms with Gasteiger partial charge in [-0.3, -0.25) is 4.79 Å². The van der Waals surface area contributed by atoms with Crippen LogP contribution in [0.25, 0.3) is 11.3 Å². The smallest absolute Gasteiger partial charge is 0.409 e. The van der Waals surface area contributed by atoms with E-state index in [4.69, 9.17) is 4.74 Å². The molecule has 0 radical (unpaired) electrons. The number of amides is 2. The Hall–Kier alpha value is -2.83. The quantitative estimate of drug-likeness (QED) is 0.808. The van der Waals surface area contributed by atoms with Crippen LogP contribution in [0.1, 0.15) is 32.1 Å². The maximum Gasteiger partial charge on any atom is 0.409 e. The number of hydrogen-bond acceptors (Lipinski definition) is 4. The number of imidazole rings is 1. The maximum atomic E-state index is 12.2. The number of aromatic amines is 1. The van der Waals surface area contributed by atoms with Crippen LogP contribution >= 0.6 is 0 Å². The van der Waals surface area contributed by atoms with Gasteiger partial charge in [0.15, 0.2) is 0 Å². The van der Waals surface area contributed by atoms with Crippen LogP contribution in [0.5, 0.6) is 0 Å². The SMILES string of the molecule is CCOC(=O)N(C)CC(=O)NC(CC)c1ncc(-c2ccccc2)[nH]1. The zero-order chi connectivity index (χ0) is 18.2. The molecule has 2 rings (SSSR count). The molecule has 134 valence electrons. The van der Waals surface area contributed by atoms with Crippen LogP contribution in [0.2, 0.25) is 0 Å². The van der Waals surface area contributed by atoms with Crippen molar-refractivity contribution in [3.05, 3.63) is 42.4 Å². The zero-order valence-corrected chi connectivity index (χ0v) is 14.8. The van der Waals surface area contributed by atoms with Crippen molar-refractivity contribution in [2.24, 2.45) is 0 Å². The Balaban J connectivity index is 1.99. The van der Waals surface area contributed by atoms with E-state index < -0.39 is 6.09 Å². The van der Waals surface area contributed by atoms with Crippen molar-refractivity contribution in [3.63, 3.8) is 0 Å². The minimum Gasteiger partial charge on any atom is -0.450 e. The number of hydrogen-bond donors (Lipinski definition) is 2. The number of carbonyl (C=O) groups excluding carboxylic acids is 2. The van der Waals surface area contributed by atoms with Crippen LogP contribution in [-0.4, -0.2) is 47.1 Å². The second-order valence-electron chi connectivity index (χ2n) is 5.63. The molecule has 1 atom stereocenters. The van der Waals surface area contributed by atoms with Crippen LogP contribution in [0, 0.1) is 0 Å². The second kappa shape index (κ2) is 8.86. The third-order valence-electron chi connectivity index (χ3n) is 3.71. The Morgan fingerprint density at radius 3 is 2.64 bits per heavy atom. The number of ether oxygens (including phenoxy) is 1. The van der Waals surface area contributed by atoms with Gasteiger partial charge in [0.05, 0.1) is 24.5 Å². The molecule has 1 aromatic carbocycles. The minimum absolute atomic E-state index is 0.0679. The highest BCUT2D eigenvalue weighted by Gasteiger charge is 2.19. The summed E-state index contributed by atoms with van der Waals surface area (Å²) in [6, 6.07) is 9.60. The number of nitrogens with zero attached hydrogens (tertiary/aromatic N) is 2. The predicted octanol–water partition coefficient (Wildman–Crippen LogP) is 2.73. The van der Waals surface area contributed by atoms with E-state index in [-0.39, 0.29) is 25.1 Å². The van der Waals surface area contributed by atoms with E-state index in [0.717, 1.165) is 11.3 Å². The minimum atomic E-state index is -0.518. The lowest BCUT2D eigenvalue weighted by Crippen LogP contribution is -2.40. The Labute approximate surface area is 147 Å². The van der Waals surface area contributed by atoms with Gasteiger partial charge in [-0.25, -0.2) is 9.78 Å². The number of benzene rings is 1. The average molecular weight is 344 g/mol. The fourth-order valence-corrected chi connectivity index (χ4v) is 2.40. The predicted molar refractivity (Wildman–Crippen MR) is 94.9 cm³/mol. The van der Waals surface area contributed by atoms with Gasteiger partial charge in [0.2, 0.25) is 5.91 Å². The van der Waals surface area contributed by atoms with Gasteiger partial charge in [0.1, 0.15) is 12.4 Å². The Kier molecular flexibility index (Phi) is 6.56. The highest BCUT2D eigenvalue weighted by molar-refractivity contribution is 5.82. The summed E-state index contributed by atoms with van der Waals surface area (Å²) in [4.78, 5) is 32.6. The van der Waals surface area contributed by atoms with E-state index in [0.29, 0.717) is 12.2 Å². The van der Waals surface area contributed by atoms with Crippen molar-refractivity contribution in [2.75, 3.05) is 20.2 Å². The van der Waals surface area contributed by atoms with Crippen molar-refractivity contribution >= 4 is 12.0 Å². The first-order valence-corrected chi connectivity index (χ1v) is 8.32. The highest BCUT2D eigenvalue weighted by atomic mass is 16.6. The molecule has 0 aliphatic carbocycles. The van der Waals surface area contributed by atoms with E-state index in [2.05, 4.69) is 15.3 Å². The van der Waals surface area contributed by atoms with Gasteiger partial charge in [-0.15, -0.1) is 0 Å². The molecule has 0 saturated heterocycles. The molecule has 2 aromatic rings. The van der Waals surface area contributed by atoms with Crippen molar-refractivity contribution in [3.8, 4) is 11.3 Å². The summed E-state index contributed by atoms with van der Waals surface area (Å²) >= 11 is 0. The third kappa shape index (κ3) is 5.07. The molecule has 0 aliphatic rings. The van der Waals surface area contributed by atoms with Crippen LogP contribution in [0.15, 0.2) is 36.5 Å². The Morgan fingerprint density at radius 2 is 2.00 bits per heavy atom. The summed E-state index contributed by atoms with van der Waals surface area (Å²) in [5, 5.41) is 2.89. The van der Waals surface area contributed by atoms with Crippen LogP contribution < -0.4 is 5.32 Å². The van der Waals surface area contributed by atoms with E-state index >= 15 is 0 Å².